The number of hydrogen-bond acceptors (Lipinski definition) is 2. The average molecular weight is 340 g/mol. The molecule has 0 saturated carbocycles. The first-order chi connectivity index (χ1) is 7.66. The molecule has 1 aliphatic rings. The van der Waals surface area contributed by atoms with Gasteiger partial charge in [0.25, 0.3) is 0 Å². The molecule has 2 nitrogen and oxygen atoms in total. The molecule has 1 atom stereocenters. The smallest absolute Gasteiger partial charge is 0.0462 e. The second-order valence-electron chi connectivity index (χ2n) is 4.30. The zero-order valence-electron chi connectivity index (χ0n) is 9.75. The molecular weight excluding hydrogens is 323 g/mol. The van der Waals surface area contributed by atoms with Crippen molar-refractivity contribution in [2.45, 2.75) is 19.0 Å². The third-order valence-electron chi connectivity index (χ3n) is 3.09. The van der Waals surface area contributed by atoms with Crippen LogP contribution in [0.5, 0.6) is 0 Å². The van der Waals surface area contributed by atoms with Gasteiger partial charge in [-0.05, 0) is 37.7 Å². The van der Waals surface area contributed by atoms with Crippen molar-refractivity contribution < 1.29 is 0 Å². The summed E-state index contributed by atoms with van der Waals surface area (Å²) in [7, 11) is 2.16. The summed E-state index contributed by atoms with van der Waals surface area (Å²) in [6.07, 6.45) is 1.23. The standard InChI is InChI=1S/C12H16BrClN2.ClH/c1-16(11-4-5-15-7-11)8-9-2-3-10(13)6-12(9)14;/h2-3,6,11,15H,4-5,7-8H2,1H3;1H. The lowest BCUT2D eigenvalue weighted by Crippen LogP contribution is -2.32. The first-order valence-electron chi connectivity index (χ1n) is 5.51. The maximum atomic E-state index is 6.21. The van der Waals surface area contributed by atoms with Crippen LogP contribution in [0.1, 0.15) is 12.0 Å². The fourth-order valence-corrected chi connectivity index (χ4v) is 2.80. The van der Waals surface area contributed by atoms with E-state index in [4.69, 9.17) is 11.6 Å². The minimum atomic E-state index is 0. The Kier molecular flexibility index (Phi) is 6.24. The highest BCUT2D eigenvalue weighted by atomic mass is 79.9. The molecule has 0 radical (unpaired) electrons. The Bertz CT molecular complexity index is 368. The highest BCUT2D eigenvalue weighted by Gasteiger charge is 2.19. The largest absolute Gasteiger partial charge is 0.315 e. The van der Waals surface area contributed by atoms with Crippen molar-refractivity contribution in [1.82, 2.24) is 10.2 Å². The molecule has 1 unspecified atom stereocenters. The molecule has 1 aromatic rings. The van der Waals surface area contributed by atoms with Gasteiger partial charge in [-0.3, -0.25) is 4.90 Å². The summed E-state index contributed by atoms with van der Waals surface area (Å²) in [5.41, 5.74) is 1.19. The molecule has 0 spiro atoms. The molecule has 1 aliphatic heterocycles. The summed E-state index contributed by atoms with van der Waals surface area (Å²) in [6.45, 7) is 3.13. The van der Waals surface area contributed by atoms with E-state index in [0.717, 1.165) is 29.1 Å². The quantitative estimate of drug-likeness (QED) is 0.908. The normalized spacial score (nSPS) is 19.4. The molecule has 5 heteroatoms. The molecule has 1 aromatic carbocycles. The van der Waals surface area contributed by atoms with Crippen molar-refractivity contribution in [3.63, 3.8) is 0 Å². The molecule has 1 fully saturated rings. The van der Waals surface area contributed by atoms with Crippen molar-refractivity contribution >= 4 is 39.9 Å². The van der Waals surface area contributed by atoms with Crippen LogP contribution in [0.3, 0.4) is 0 Å². The third-order valence-corrected chi connectivity index (χ3v) is 3.94. The Morgan fingerprint density at radius 2 is 2.29 bits per heavy atom. The monoisotopic (exact) mass is 338 g/mol. The molecule has 1 heterocycles. The molecule has 1 saturated heterocycles. The first kappa shape index (κ1) is 15.3. The molecule has 0 aromatic heterocycles. The Balaban J connectivity index is 0.00000144. The van der Waals surface area contributed by atoms with Gasteiger partial charge in [-0.25, -0.2) is 0 Å². The second-order valence-corrected chi connectivity index (χ2v) is 5.62. The van der Waals surface area contributed by atoms with E-state index >= 15 is 0 Å². The van der Waals surface area contributed by atoms with E-state index in [1.165, 1.54) is 12.0 Å². The van der Waals surface area contributed by atoms with Crippen LogP contribution in [0.25, 0.3) is 0 Å². The van der Waals surface area contributed by atoms with Gasteiger partial charge in [-0.2, -0.15) is 0 Å². The number of benzene rings is 1. The first-order valence-corrected chi connectivity index (χ1v) is 6.69. The third kappa shape index (κ3) is 4.11. The van der Waals surface area contributed by atoms with E-state index in [-0.39, 0.29) is 12.4 Å². The lowest BCUT2D eigenvalue weighted by atomic mass is 10.1. The van der Waals surface area contributed by atoms with Crippen LogP contribution in [0, 0.1) is 0 Å². The Morgan fingerprint density at radius 1 is 1.53 bits per heavy atom. The van der Waals surface area contributed by atoms with Crippen LogP contribution >= 0.6 is 39.9 Å². The van der Waals surface area contributed by atoms with Crippen LogP contribution in [-0.2, 0) is 6.54 Å². The fraction of sp³-hybridized carbons (Fsp3) is 0.500. The Labute approximate surface area is 122 Å². The van der Waals surface area contributed by atoms with Gasteiger partial charge in [-0.15, -0.1) is 12.4 Å². The van der Waals surface area contributed by atoms with Crippen LogP contribution in [0.4, 0.5) is 0 Å². The number of nitrogens with zero attached hydrogens (tertiary/aromatic N) is 1. The van der Waals surface area contributed by atoms with E-state index in [1.807, 2.05) is 12.1 Å². The summed E-state index contributed by atoms with van der Waals surface area (Å²) in [4.78, 5) is 2.37. The zero-order chi connectivity index (χ0) is 11.5. The van der Waals surface area contributed by atoms with Crippen LogP contribution in [0.2, 0.25) is 5.02 Å². The molecule has 96 valence electrons. The molecule has 17 heavy (non-hydrogen) atoms. The molecule has 0 aliphatic carbocycles. The van der Waals surface area contributed by atoms with Crippen molar-refractivity contribution in [2.75, 3.05) is 20.1 Å². The summed E-state index contributed by atoms with van der Waals surface area (Å²) in [5, 5.41) is 4.22. The minimum absolute atomic E-state index is 0. The Morgan fingerprint density at radius 3 is 2.88 bits per heavy atom. The average Bonchev–Trinajstić information content (AvgIpc) is 2.75. The highest BCUT2D eigenvalue weighted by molar-refractivity contribution is 9.10. The topological polar surface area (TPSA) is 15.3 Å². The number of halogens is 3. The van der Waals surface area contributed by atoms with Gasteiger partial charge in [0, 0.05) is 28.6 Å². The van der Waals surface area contributed by atoms with E-state index < -0.39 is 0 Å². The number of likely N-dealkylation sites (N-methyl/N-ethyl adjacent to an activating group) is 1. The lowest BCUT2D eigenvalue weighted by Gasteiger charge is -2.23. The Hall–Kier alpha value is 0.200. The molecular formula is C12H17BrCl2N2. The van der Waals surface area contributed by atoms with Crippen molar-refractivity contribution in [1.29, 1.82) is 0 Å². The zero-order valence-corrected chi connectivity index (χ0v) is 12.9. The van der Waals surface area contributed by atoms with Crippen molar-refractivity contribution in [3.8, 4) is 0 Å². The van der Waals surface area contributed by atoms with Crippen molar-refractivity contribution in [3.05, 3.63) is 33.3 Å². The number of rotatable bonds is 3. The summed E-state index contributed by atoms with van der Waals surface area (Å²) < 4.78 is 1.03. The molecule has 1 N–H and O–H groups in total. The van der Waals surface area contributed by atoms with Gasteiger partial charge in [-0.1, -0.05) is 33.6 Å². The maximum Gasteiger partial charge on any atom is 0.0462 e. The summed E-state index contributed by atoms with van der Waals surface area (Å²) in [5.74, 6) is 0. The van der Waals surface area contributed by atoms with Crippen LogP contribution < -0.4 is 5.32 Å². The molecule has 0 amide bonds. The predicted molar refractivity (Wildman–Crippen MR) is 79.1 cm³/mol. The SMILES string of the molecule is CN(Cc1ccc(Br)cc1Cl)C1CCNC1.Cl. The van der Waals surface area contributed by atoms with E-state index in [2.05, 4.69) is 39.3 Å². The number of hydrogen-bond donors (Lipinski definition) is 1. The predicted octanol–water partition coefficient (Wildman–Crippen LogP) is 3.32. The van der Waals surface area contributed by atoms with Gasteiger partial charge < -0.3 is 5.32 Å². The van der Waals surface area contributed by atoms with Crippen molar-refractivity contribution in [2.24, 2.45) is 0 Å². The fourth-order valence-electron chi connectivity index (χ4n) is 2.06. The van der Waals surface area contributed by atoms with E-state index in [0.29, 0.717) is 6.04 Å². The minimum Gasteiger partial charge on any atom is -0.315 e. The van der Waals surface area contributed by atoms with Crippen LogP contribution in [0.15, 0.2) is 22.7 Å². The highest BCUT2D eigenvalue weighted by Crippen LogP contribution is 2.23. The van der Waals surface area contributed by atoms with E-state index in [9.17, 15) is 0 Å². The van der Waals surface area contributed by atoms with Gasteiger partial charge >= 0.3 is 0 Å². The van der Waals surface area contributed by atoms with Gasteiger partial charge in [0.15, 0.2) is 0 Å². The van der Waals surface area contributed by atoms with Crippen LogP contribution in [-0.4, -0.2) is 31.1 Å². The maximum absolute atomic E-state index is 6.21. The molecule has 0 bridgehead atoms. The van der Waals surface area contributed by atoms with Gasteiger partial charge in [0.2, 0.25) is 0 Å². The second kappa shape index (κ2) is 6.95. The summed E-state index contributed by atoms with van der Waals surface area (Å²) in [6, 6.07) is 6.73. The number of nitrogens with one attached hydrogen (secondary N) is 1. The van der Waals surface area contributed by atoms with E-state index in [1.54, 1.807) is 0 Å². The lowest BCUT2D eigenvalue weighted by molar-refractivity contribution is 0.249. The van der Waals surface area contributed by atoms with Gasteiger partial charge in [0.05, 0.1) is 0 Å². The summed E-state index contributed by atoms with van der Waals surface area (Å²) >= 11 is 9.63. The molecule has 2 rings (SSSR count). The van der Waals surface area contributed by atoms with Gasteiger partial charge in [0.1, 0.15) is 0 Å².